The molecule has 0 saturated carbocycles. The Bertz CT molecular complexity index is 751. The summed E-state index contributed by atoms with van der Waals surface area (Å²) in [6.45, 7) is 6.33. The number of hydrogen-bond acceptors (Lipinski definition) is 3. The van der Waals surface area contributed by atoms with Gasteiger partial charge in [0.1, 0.15) is 0 Å². The molecule has 2 aromatic rings. The first-order valence-corrected chi connectivity index (χ1v) is 8.34. The lowest BCUT2D eigenvalue weighted by molar-refractivity contribution is -0.131. The van der Waals surface area contributed by atoms with Gasteiger partial charge in [-0.15, -0.1) is 0 Å². The van der Waals surface area contributed by atoms with Crippen molar-refractivity contribution >= 4 is 28.3 Å². The van der Waals surface area contributed by atoms with E-state index in [1.165, 1.54) is 0 Å². The van der Waals surface area contributed by atoms with E-state index in [0.717, 1.165) is 29.5 Å². The molecule has 5 nitrogen and oxygen atoms in total. The van der Waals surface area contributed by atoms with Gasteiger partial charge in [-0.3, -0.25) is 14.5 Å². The van der Waals surface area contributed by atoms with Gasteiger partial charge in [-0.05, 0) is 29.8 Å². The molecule has 3 rings (SSSR count). The fraction of sp³-hybridized carbons (Fsp3) is 0.368. The molecule has 0 bridgehead atoms. The first-order chi connectivity index (χ1) is 11.5. The van der Waals surface area contributed by atoms with E-state index in [2.05, 4.69) is 16.3 Å². The highest BCUT2D eigenvalue weighted by Crippen LogP contribution is 2.19. The van der Waals surface area contributed by atoms with Gasteiger partial charge in [-0.25, -0.2) is 0 Å². The third-order valence-corrected chi connectivity index (χ3v) is 4.70. The Hall–Kier alpha value is -2.40. The Morgan fingerprint density at radius 1 is 1.00 bits per heavy atom. The average molecular weight is 325 g/mol. The summed E-state index contributed by atoms with van der Waals surface area (Å²) >= 11 is 0. The number of carbonyl (C=O) groups is 2. The maximum absolute atomic E-state index is 12.5. The van der Waals surface area contributed by atoms with Crippen LogP contribution in [-0.2, 0) is 9.59 Å². The SMILES string of the molecule is CC(=O)N1CCN(C(C)C(=O)Nc2ccc3ccccc3c2)CC1. The highest BCUT2D eigenvalue weighted by molar-refractivity contribution is 5.97. The van der Waals surface area contributed by atoms with E-state index in [-0.39, 0.29) is 17.9 Å². The summed E-state index contributed by atoms with van der Waals surface area (Å²) in [5, 5.41) is 5.27. The normalized spacial score (nSPS) is 16.8. The van der Waals surface area contributed by atoms with Crippen molar-refractivity contribution in [1.82, 2.24) is 9.80 Å². The quantitative estimate of drug-likeness (QED) is 0.942. The van der Waals surface area contributed by atoms with Gasteiger partial charge in [-0.1, -0.05) is 30.3 Å². The Morgan fingerprint density at radius 2 is 1.67 bits per heavy atom. The molecule has 126 valence electrons. The minimum atomic E-state index is -0.217. The van der Waals surface area contributed by atoms with Crippen LogP contribution in [0.25, 0.3) is 10.8 Å². The molecule has 0 spiro atoms. The number of anilines is 1. The Labute approximate surface area is 142 Å². The summed E-state index contributed by atoms with van der Waals surface area (Å²) in [4.78, 5) is 27.9. The van der Waals surface area contributed by atoms with Crippen LogP contribution < -0.4 is 5.32 Å². The van der Waals surface area contributed by atoms with Crippen LogP contribution in [0.2, 0.25) is 0 Å². The molecule has 0 radical (unpaired) electrons. The van der Waals surface area contributed by atoms with Crippen molar-refractivity contribution < 1.29 is 9.59 Å². The maximum atomic E-state index is 12.5. The zero-order chi connectivity index (χ0) is 17.1. The second-order valence-corrected chi connectivity index (χ2v) is 6.27. The van der Waals surface area contributed by atoms with Crippen molar-refractivity contribution in [1.29, 1.82) is 0 Å². The van der Waals surface area contributed by atoms with Gasteiger partial charge in [0, 0.05) is 38.8 Å². The molecule has 5 heteroatoms. The lowest BCUT2D eigenvalue weighted by Crippen LogP contribution is -2.53. The Balaban J connectivity index is 1.62. The predicted molar refractivity (Wildman–Crippen MR) is 95.9 cm³/mol. The number of rotatable bonds is 3. The number of fused-ring (bicyclic) bond motifs is 1. The Kier molecular flexibility index (Phi) is 4.81. The maximum Gasteiger partial charge on any atom is 0.241 e. The third kappa shape index (κ3) is 3.57. The molecule has 2 aromatic carbocycles. The first kappa shape index (κ1) is 16.5. The lowest BCUT2D eigenvalue weighted by Gasteiger charge is -2.37. The molecular formula is C19H23N3O2. The van der Waals surface area contributed by atoms with E-state index < -0.39 is 0 Å². The minimum Gasteiger partial charge on any atom is -0.340 e. The van der Waals surface area contributed by atoms with Gasteiger partial charge in [0.05, 0.1) is 6.04 Å². The zero-order valence-corrected chi connectivity index (χ0v) is 14.2. The summed E-state index contributed by atoms with van der Waals surface area (Å²) in [5.41, 5.74) is 0.813. The highest BCUT2D eigenvalue weighted by atomic mass is 16.2. The van der Waals surface area contributed by atoms with Crippen LogP contribution >= 0.6 is 0 Å². The van der Waals surface area contributed by atoms with Crippen LogP contribution in [0.5, 0.6) is 0 Å². The molecule has 1 unspecified atom stereocenters. The van der Waals surface area contributed by atoms with Crippen molar-refractivity contribution in [3.8, 4) is 0 Å². The summed E-state index contributed by atoms with van der Waals surface area (Å²) in [6.07, 6.45) is 0. The second kappa shape index (κ2) is 7.01. The van der Waals surface area contributed by atoms with Gasteiger partial charge >= 0.3 is 0 Å². The average Bonchev–Trinajstić information content (AvgIpc) is 2.61. The van der Waals surface area contributed by atoms with E-state index in [1.54, 1.807) is 6.92 Å². The van der Waals surface area contributed by atoms with Crippen LogP contribution in [0.3, 0.4) is 0 Å². The van der Waals surface area contributed by atoms with Crippen molar-refractivity contribution in [2.75, 3.05) is 31.5 Å². The molecule has 1 N–H and O–H groups in total. The summed E-state index contributed by atoms with van der Waals surface area (Å²) in [5.74, 6) is 0.0875. The number of amides is 2. The molecule has 1 saturated heterocycles. The van der Waals surface area contributed by atoms with Crippen molar-refractivity contribution in [2.24, 2.45) is 0 Å². The number of carbonyl (C=O) groups excluding carboxylic acids is 2. The second-order valence-electron chi connectivity index (χ2n) is 6.27. The Morgan fingerprint density at radius 3 is 2.33 bits per heavy atom. The molecule has 0 aliphatic carbocycles. The summed E-state index contributed by atoms with van der Waals surface area (Å²) < 4.78 is 0. The number of nitrogens with zero attached hydrogens (tertiary/aromatic N) is 2. The predicted octanol–water partition coefficient (Wildman–Crippen LogP) is 2.33. The van der Waals surface area contributed by atoms with E-state index in [4.69, 9.17) is 0 Å². The van der Waals surface area contributed by atoms with Gasteiger partial charge < -0.3 is 10.2 Å². The summed E-state index contributed by atoms with van der Waals surface area (Å²) in [7, 11) is 0. The molecular weight excluding hydrogens is 302 g/mol. The van der Waals surface area contributed by atoms with Crippen LogP contribution in [0.4, 0.5) is 5.69 Å². The van der Waals surface area contributed by atoms with Crippen molar-refractivity contribution in [3.05, 3.63) is 42.5 Å². The number of piperazine rings is 1. The molecule has 24 heavy (non-hydrogen) atoms. The lowest BCUT2D eigenvalue weighted by atomic mass is 10.1. The van der Waals surface area contributed by atoms with Crippen molar-refractivity contribution in [2.45, 2.75) is 19.9 Å². The van der Waals surface area contributed by atoms with E-state index in [9.17, 15) is 9.59 Å². The van der Waals surface area contributed by atoms with Crippen molar-refractivity contribution in [3.63, 3.8) is 0 Å². The molecule has 1 aliphatic rings. The third-order valence-electron chi connectivity index (χ3n) is 4.70. The highest BCUT2D eigenvalue weighted by Gasteiger charge is 2.26. The minimum absolute atomic E-state index is 0.0124. The number of nitrogens with one attached hydrogen (secondary N) is 1. The molecule has 2 amide bonds. The number of benzene rings is 2. The largest absolute Gasteiger partial charge is 0.340 e. The van der Waals surface area contributed by atoms with E-state index in [1.807, 2.05) is 48.2 Å². The topological polar surface area (TPSA) is 52.7 Å². The van der Waals surface area contributed by atoms with Crippen LogP contribution in [-0.4, -0.2) is 53.8 Å². The molecule has 0 aromatic heterocycles. The van der Waals surface area contributed by atoms with Crippen LogP contribution in [0, 0.1) is 0 Å². The fourth-order valence-corrected chi connectivity index (χ4v) is 3.10. The molecule has 1 fully saturated rings. The number of hydrogen-bond donors (Lipinski definition) is 1. The monoisotopic (exact) mass is 325 g/mol. The van der Waals surface area contributed by atoms with E-state index in [0.29, 0.717) is 13.1 Å². The smallest absolute Gasteiger partial charge is 0.241 e. The molecule has 1 heterocycles. The van der Waals surface area contributed by atoms with E-state index >= 15 is 0 Å². The zero-order valence-electron chi connectivity index (χ0n) is 14.2. The van der Waals surface area contributed by atoms with Gasteiger partial charge in [0.25, 0.3) is 0 Å². The van der Waals surface area contributed by atoms with Crippen LogP contribution in [0.15, 0.2) is 42.5 Å². The van der Waals surface area contributed by atoms with Gasteiger partial charge in [0.15, 0.2) is 0 Å². The van der Waals surface area contributed by atoms with Crippen LogP contribution in [0.1, 0.15) is 13.8 Å². The fourth-order valence-electron chi connectivity index (χ4n) is 3.10. The molecule has 1 atom stereocenters. The summed E-state index contributed by atoms with van der Waals surface area (Å²) in [6, 6.07) is 13.8. The first-order valence-electron chi connectivity index (χ1n) is 8.34. The molecule has 1 aliphatic heterocycles. The van der Waals surface area contributed by atoms with Gasteiger partial charge in [-0.2, -0.15) is 0 Å². The standard InChI is InChI=1S/C19H23N3O2/c1-14(21-9-11-22(12-10-21)15(2)23)19(24)20-18-8-7-16-5-3-4-6-17(16)13-18/h3-8,13-14H,9-12H2,1-2H3,(H,20,24). The van der Waals surface area contributed by atoms with Gasteiger partial charge in [0.2, 0.25) is 11.8 Å².